The fourth-order valence-corrected chi connectivity index (χ4v) is 3.24. The highest BCUT2D eigenvalue weighted by Gasteiger charge is 2.19. The third-order valence-corrected chi connectivity index (χ3v) is 4.38. The molecule has 132 valence electrons. The van der Waals surface area contributed by atoms with Crippen LogP contribution in [-0.4, -0.2) is 23.8 Å². The van der Waals surface area contributed by atoms with Crippen LogP contribution in [0.5, 0.6) is 0 Å². The Bertz CT molecular complexity index is 1320. The largest absolute Gasteiger partial charge is 0.381 e. The lowest BCUT2D eigenvalue weighted by atomic mass is 10.0. The zero-order valence-electron chi connectivity index (χ0n) is 13.8. The van der Waals surface area contributed by atoms with Crippen LogP contribution in [-0.2, 0) is 0 Å². The first kappa shape index (κ1) is 15.4. The summed E-state index contributed by atoms with van der Waals surface area (Å²) < 4.78 is 31.7. The van der Waals surface area contributed by atoms with Crippen molar-refractivity contribution >= 4 is 17.1 Å². The van der Waals surface area contributed by atoms with E-state index < -0.39 is 11.6 Å². The number of aromatic nitrogens is 5. The average molecular weight is 362 g/mol. The van der Waals surface area contributed by atoms with Crippen molar-refractivity contribution < 1.29 is 8.78 Å². The number of imidazole rings is 2. The number of pyridine rings is 1. The van der Waals surface area contributed by atoms with Crippen LogP contribution in [0.2, 0.25) is 0 Å². The molecule has 0 amide bonds. The monoisotopic (exact) mass is 362 g/mol. The molecular weight excluding hydrogens is 350 g/mol. The van der Waals surface area contributed by atoms with Gasteiger partial charge in [0.2, 0.25) is 0 Å². The van der Waals surface area contributed by atoms with Gasteiger partial charge in [-0.05, 0) is 18.2 Å². The highest BCUT2D eigenvalue weighted by molar-refractivity contribution is 5.83. The molecule has 4 aromatic heterocycles. The molecule has 2 N–H and O–H groups in total. The number of nitrogens with zero attached hydrogens (tertiary/aromatic N) is 5. The number of nitrogen functional groups attached to an aromatic ring is 1. The summed E-state index contributed by atoms with van der Waals surface area (Å²) in [5.74, 6) is -0.680. The molecule has 0 unspecified atom stereocenters. The maximum absolute atomic E-state index is 14.6. The van der Waals surface area contributed by atoms with Crippen LogP contribution in [0.15, 0.2) is 61.3 Å². The third kappa shape index (κ3) is 2.34. The van der Waals surface area contributed by atoms with Crippen molar-refractivity contribution in [2.24, 2.45) is 0 Å². The summed E-state index contributed by atoms with van der Waals surface area (Å²) >= 11 is 0. The van der Waals surface area contributed by atoms with Gasteiger partial charge in [0.05, 0.1) is 11.4 Å². The fraction of sp³-hybridized carbons (Fsp3) is 0. The normalized spacial score (nSPS) is 11.5. The maximum Gasteiger partial charge on any atom is 0.180 e. The lowest BCUT2D eigenvalue weighted by Crippen LogP contribution is -2.04. The molecule has 0 aliphatic heterocycles. The van der Waals surface area contributed by atoms with Crippen molar-refractivity contribution in [3.8, 4) is 22.5 Å². The van der Waals surface area contributed by atoms with E-state index in [0.717, 1.165) is 0 Å². The molecule has 0 aliphatic carbocycles. The number of anilines is 1. The highest BCUT2D eigenvalue weighted by Crippen LogP contribution is 2.34. The molecule has 0 spiro atoms. The quantitative estimate of drug-likeness (QED) is 0.521. The molecule has 0 aliphatic rings. The molecule has 4 heterocycles. The van der Waals surface area contributed by atoms with Crippen molar-refractivity contribution in [1.82, 2.24) is 23.8 Å². The van der Waals surface area contributed by atoms with Gasteiger partial charge in [0.1, 0.15) is 5.82 Å². The summed E-state index contributed by atoms with van der Waals surface area (Å²) in [5, 5.41) is 0. The molecule has 5 rings (SSSR count). The molecule has 0 saturated carbocycles. The SMILES string of the molecule is Nc1nc(-c2cccc(F)c2)c(-c2cc(F)c3nccn3c2)n2ccnc12. The van der Waals surface area contributed by atoms with Crippen LogP contribution in [0, 0.1) is 11.6 Å². The van der Waals surface area contributed by atoms with Gasteiger partial charge in [0, 0.05) is 42.1 Å². The summed E-state index contributed by atoms with van der Waals surface area (Å²) in [6, 6.07) is 7.39. The van der Waals surface area contributed by atoms with Gasteiger partial charge in [-0.1, -0.05) is 12.1 Å². The van der Waals surface area contributed by atoms with Gasteiger partial charge in [-0.2, -0.15) is 0 Å². The molecule has 0 fully saturated rings. The van der Waals surface area contributed by atoms with E-state index in [0.29, 0.717) is 28.2 Å². The molecule has 8 heteroatoms. The second-order valence-corrected chi connectivity index (χ2v) is 6.06. The van der Waals surface area contributed by atoms with Gasteiger partial charge in [0.25, 0.3) is 0 Å². The van der Waals surface area contributed by atoms with Gasteiger partial charge in [0.15, 0.2) is 22.9 Å². The predicted molar refractivity (Wildman–Crippen MR) is 96.9 cm³/mol. The number of fused-ring (bicyclic) bond motifs is 2. The van der Waals surface area contributed by atoms with Gasteiger partial charge in [-0.3, -0.25) is 4.40 Å². The van der Waals surface area contributed by atoms with E-state index in [1.165, 1.54) is 24.4 Å². The first-order valence-corrected chi connectivity index (χ1v) is 8.13. The zero-order valence-corrected chi connectivity index (χ0v) is 13.8. The minimum Gasteiger partial charge on any atom is -0.381 e. The number of hydrogen-bond donors (Lipinski definition) is 1. The van der Waals surface area contributed by atoms with Crippen molar-refractivity contribution in [2.45, 2.75) is 0 Å². The number of hydrogen-bond acceptors (Lipinski definition) is 4. The Hall–Kier alpha value is -3.81. The van der Waals surface area contributed by atoms with Crippen LogP contribution in [0.4, 0.5) is 14.6 Å². The van der Waals surface area contributed by atoms with Crippen LogP contribution < -0.4 is 5.73 Å². The first-order chi connectivity index (χ1) is 13.1. The molecule has 0 radical (unpaired) electrons. The zero-order chi connectivity index (χ0) is 18.5. The van der Waals surface area contributed by atoms with Crippen molar-refractivity contribution in [3.05, 3.63) is 73.0 Å². The minimum atomic E-state index is -0.479. The second kappa shape index (κ2) is 5.60. The number of rotatable bonds is 2. The molecule has 1 aromatic carbocycles. The molecule has 5 aromatic rings. The molecular formula is C19H12F2N6. The van der Waals surface area contributed by atoms with Crippen LogP contribution >= 0.6 is 0 Å². The van der Waals surface area contributed by atoms with Gasteiger partial charge in [-0.15, -0.1) is 0 Å². The summed E-state index contributed by atoms with van der Waals surface area (Å²) in [6.07, 6.45) is 8.20. The molecule has 0 saturated heterocycles. The smallest absolute Gasteiger partial charge is 0.180 e. The number of halogens is 2. The summed E-state index contributed by atoms with van der Waals surface area (Å²) in [5.41, 5.74) is 8.75. The predicted octanol–water partition coefficient (Wildman–Crippen LogP) is 3.57. The van der Waals surface area contributed by atoms with Crippen LogP contribution in [0.3, 0.4) is 0 Å². The third-order valence-electron chi connectivity index (χ3n) is 4.38. The van der Waals surface area contributed by atoms with E-state index in [4.69, 9.17) is 5.73 Å². The molecule has 0 atom stereocenters. The van der Waals surface area contributed by atoms with Crippen molar-refractivity contribution in [1.29, 1.82) is 0 Å². The van der Waals surface area contributed by atoms with Crippen LogP contribution in [0.25, 0.3) is 33.8 Å². The van der Waals surface area contributed by atoms with E-state index in [9.17, 15) is 8.78 Å². The number of benzene rings is 1. The number of nitrogens with two attached hydrogens (primary N) is 1. The van der Waals surface area contributed by atoms with Crippen molar-refractivity contribution in [3.63, 3.8) is 0 Å². The summed E-state index contributed by atoms with van der Waals surface area (Å²) in [7, 11) is 0. The topological polar surface area (TPSA) is 73.5 Å². The van der Waals surface area contributed by atoms with Gasteiger partial charge < -0.3 is 10.1 Å². The Morgan fingerprint density at radius 3 is 2.59 bits per heavy atom. The van der Waals surface area contributed by atoms with Crippen molar-refractivity contribution in [2.75, 3.05) is 5.73 Å². The molecule has 6 nitrogen and oxygen atoms in total. The lowest BCUT2D eigenvalue weighted by Gasteiger charge is -2.14. The second-order valence-electron chi connectivity index (χ2n) is 6.06. The minimum absolute atomic E-state index is 0.201. The van der Waals surface area contributed by atoms with Gasteiger partial charge in [-0.25, -0.2) is 23.7 Å². The highest BCUT2D eigenvalue weighted by atomic mass is 19.1. The summed E-state index contributed by atoms with van der Waals surface area (Å²) in [4.78, 5) is 12.7. The van der Waals surface area contributed by atoms with E-state index in [2.05, 4.69) is 15.0 Å². The van der Waals surface area contributed by atoms with Gasteiger partial charge >= 0.3 is 0 Å². The van der Waals surface area contributed by atoms with E-state index in [1.54, 1.807) is 45.7 Å². The Balaban J connectivity index is 1.90. The Labute approximate surface area is 151 Å². The molecule has 0 bridgehead atoms. The van der Waals surface area contributed by atoms with Crippen LogP contribution in [0.1, 0.15) is 0 Å². The fourth-order valence-electron chi connectivity index (χ4n) is 3.24. The lowest BCUT2D eigenvalue weighted by molar-refractivity contribution is 0.628. The Morgan fingerprint density at radius 1 is 0.926 bits per heavy atom. The maximum atomic E-state index is 14.6. The Morgan fingerprint density at radius 2 is 1.74 bits per heavy atom. The first-order valence-electron chi connectivity index (χ1n) is 8.13. The van der Waals surface area contributed by atoms with E-state index in [-0.39, 0.29) is 11.5 Å². The molecule has 27 heavy (non-hydrogen) atoms. The van der Waals surface area contributed by atoms with E-state index >= 15 is 0 Å². The Kier molecular flexibility index (Phi) is 3.20. The standard InChI is InChI=1S/C19H12F2N6/c20-13-3-1-2-11(8-13)15-16(27-7-5-24-19(27)17(22)25-15)12-9-14(21)18-23-4-6-26(18)10-12/h1-10H,(H2,22,25). The average Bonchev–Trinajstić information content (AvgIpc) is 3.31. The summed E-state index contributed by atoms with van der Waals surface area (Å²) in [6.45, 7) is 0. The van der Waals surface area contributed by atoms with E-state index in [1.807, 2.05) is 0 Å².